The summed E-state index contributed by atoms with van der Waals surface area (Å²) in [5.74, 6) is 1.44. The Morgan fingerprint density at radius 3 is 3.00 bits per heavy atom. The lowest BCUT2D eigenvalue weighted by atomic mass is 10.1. The largest absolute Gasteiger partial charge is 0.361 e. The van der Waals surface area contributed by atoms with E-state index in [1.54, 1.807) is 13.1 Å². The predicted octanol–water partition coefficient (Wildman–Crippen LogP) is 1.56. The van der Waals surface area contributed by atoms with Crippen LogP contribution in [0.2, 0.25) is 0 Å². The molecule has 0 spiro atoms. The monoisotopic (exact) mass is 355 g/mol. The molecule has 9 heteroatoms. The predicted molar refractivity (Wildman–Crippen MR) is 95.0 cm³/mol. The van der Waals surface area contributed by atoms with E-state index in [-0.39, 0.29) is 5.91 Å². The third-order valence-electron chi connectivity index (χ3n) is 4.79. The summed E-state index contributed by atoms with van der Waals surface area (Å²) in [4.78, 5) is 25.7. The maximum atomic E-state index is 13.0. The number of fused-ring (bicyclic) bond motifs is 1. The first-order valence-corrected chi connectivity index (χ1v) is 8.82. The second-order valence-corrected chi connectivity index (χ2v) is 6.38. The molecule has 26 heavy (non-hydrogen) atoms. The van der Waals surface area contributed by atoms with Crippen LogP contribution in [0.25, 0.3) is 11.0 Å². The zero-order chi connectivity index (χ0) is 18.1. The number of nitrogens with one attached hydrogen (secondary N) is 1. The lowest BCUT2D eigenvalue weighted by Gasteiger charge is -2.23. The van der Waals surface area contributed by atoms with Crippen molar-refractivity contribution in [3.63, 3.8) is 0 Å². The van der Waals surface area contributed by atoms with Crippen molar-refractivity contribution < 1.29 is 9.32 Å². The summed E-state index contributed by atoms with van der Waals surface area (Å²) in [5, 5.41) is 11.8. The Hall–Kier alpha value is -2.97. The molecule has 1 amide bonds. The van der Waals surface area contributed by atoms with Crippen LogP contribution in [-0.2, 0) is 6.42 Å². The summed E-state index contributed by atoms with van der Waals surface area (Å²) in [6.07, 6.45) is 4.82. The van der Waals surface area contributed by atoms with Crippen molar-refractivity contribution in [2.45, 2.75) is 26.7 Å². The molecule has 136 valence electrons. The van der Waals surface area contributed by atoms with Crippen LogP contribution in [0.5, 0.6) is 0 Å². The van der Waals surface area contributed by atoms with Gasteiger partial charge >= 0.3 is 0 Å². The van der Waals surface area contributed by atoms with E-state index in [9.17, 15) is 4.79 Å². The molecule has 0 atom stereocenters. The highest BCUT2D eigenvalue weighted by molar-refractivity contribution is 5.96. The Balaban J connectivity index is 1.54. The minimum Gasteiger partial charge on any atom is -0.361 e. The van der Waals surface area contributed by atoms with E-state index in [0.29, 0.717) is 37.4 Å². The van der Waals surface area contributed by atoms with Gasteiger partial charge in [0.05, 0.1) is 17.3 Å². The molecule has 4 heterocycles. The average molecular weight is 355 g/mol. The maximum absolute atomic E-state index is 13.0. The molecule has 1 fully saturated rings. The van der Waals surface area contributed by atoms with Crippen LogP contribution in [0, 0.1) is 6.92 Å². The van der Waals surface area contributed by atoms with Crippen LogP contribution < -0.4 is 4.90 Å². The van der Waals surface area contributed by atoms with Gasteiger partial charge in [-0.15, -0.1) is 0 Å². The number of hydrogen-bond acceptors (Lipinski definition) is 7. The number of aryl methyl sites for hydroxylation is 2. The third kappa shape index (κ3) is 2.79. The van der Waals surface area contributed by atoms with E-state index in [2.05, 4.69) is 30.2 Å². The van der Waals surface area contributed by atoms with Crippen LogP contribution in [0.15, 0.2) is 17.0 Å². The number of anilines is 1. The number of amides is 1. The van der Waals surface area contributed by atoms with Gasteiger partial charge in [-0.05, 0) is 19.8 Å². The molecule has 3 aromatic heterocycles. The van der Waals surface area contributed by atoms with Crippen molar-refractivity contribution in [2.75, 3.05) is 31.1 Å². The Morgan fingerprint density at radius 2 is 2.15 bits per heavy atom. The summed E-state index contributed by atoms with van der Waals surface area (Å²) in [5.41, 5.74) is 2.06. The molecule has 0 aliphatic carbocycles. The Morgan fingerprint density at radius 1 is 1.27 bits per heavy atom. The average Bonchev–Trinajstić information content (AvgIpc) is 3.20. The van der Waals surface area contributed by atoms with E-state index in [1.165, 1.54) is 6.33 Å². The zero-order valence-electron chi connectivity index (χ0n) is 14.9. The van der Waals surface area contributed by atoms with Crippen LogP contribution in [0.3, 0.4) is 0 Å². The summed E-state index contributed by atoms with van der Waals surface area (Å²) in [6, 6.07) is 0. The highest BCUT2D eigenvalue weighted by atomic mass is 16.5. The fourth-order valence-corrected chi connectivity index (χ4v) is 3.43. The molecule has 1 aliphatic heterocycles. The number of hydrogen-bond donors (Lipinski definition) is 1. The van der Waals surface area contributed by atoms with E-state index >= 15 is 0 Å². The number of nitrogens with zero attached hydrogens (tertiary/aromatic N) is 6. The van der Waals surface area contributed by atoms with Gasteiger partial charge in [0.15, 0.2) is 5.65 Å². The van der Waals surface area contributed by atoms with E-state index in [0.717, 1.165) is 35.5 Å². The van der Waals surface area contributed by atoms with Crippen molar-refractivity contribution in [2.24, 2.45) is 0 Å². The first-order valence-electron chi connectivity index (χ1n) is 8.82. The second kappa shape index (κ2) is 6.74. The minimum absolute atomic E-state index is 0.00130. The van der Waals surface area contributed by atoms with Crippen molar-refractivity contribution in [1.82, 2.24) is 30.2 Å². The summed E-state index contributed by atoms with van der Waals surface area (Å²) in [7, 11) is 0. The van der Waals surface area contributed by atoms with Gasteiger partial charge in [-0.1, -0.05) is 12.1 Å². The summed E-state index contributed by atoms with van der Waals surface area (Å²) >= 11 is 0. The van der Waals surface area contributed by atoms with E-state index in [4.69, 9.17) is 4.52 Å². The highest BCUT2D eigenvalue weighted by Crippen LogP contribution is 2.23. The van der Waals surface area contributed by atoms with Crippen LogP contribution in [0.1, 0.15) is 35.2 Å². The first kappa shape index (κ1) is 16.5. The van der Waals surface area contributed by atoms with Gasteiger partial charge in [-0.2, -0.15) is 5.10 Å². The quantitative estimate of drug-likeness (QED) is 0.760. The van der Waals surface area contributed by atoms with Gasteiger partial charge in [0.25, 0.3) is 5.91 Å². The topological polar surface area (TPSA) is 104 Å². The number of rotatable bonds is 3. The molecule has 0 aromatic carbocycles. The third-order valence-corrected chi connectivity index (χ3v) is 4.79. The zero-order valence-corrected chi connectivity index (χ0v) is 14.9. The number of carbonyl (C=O) groups excluding carboxylic acids is 1. The molecule has 9 nitrogen and oxygen atoms in total. The maximum Gasteiger partial charge on any atom is 0.259 e. The lowest BCUT2D eigenvalue weighted by Crippen LogP contribution is -2.36. The van der Waals surface area contributed by atoms with E-state index in [1.807, 2.05) is 11.8 Å². The normalized spacial score (nSPS) is 15.5. The van der Waals surface area contributed by atoms with Gasteiger partial charge in [0, 0.05) is 26.2 Å². The van der Waals surface area contributed by atoms with Gasteiger partial charge in [-0.3, -0.25) is 9.89 Å². The molecule has 1 aliphatic rings. The first-order chi connectivity index (χ1) is 12.7. The molecule has 0 saturated carbocycles. The second-order valence-electron chi connectivity index (χ2n) is 6.38. The Labute approximate surface area is 150 Å². The number of H-pyrrole nitrogens is 1. The lowest BCUT2D eigenvalue weighted by molar-refractivity contribution is 0.0764. The SMILES string of the molecule is CCc1noc(C)c1C(=O)N1CCCN(c2ncnc3[nH]ncc23)CC1. The molecule has 4 rings (SSSR count). The van der Waals surface area contributed by atoms with Crippen molar-refractivity contribution in [1.29, 1.82) is 0 Å². The molecular formula is C17H21N7O2. The van der Waals surface area contributed by atoms with Gasteiger partial charge in [0.2, 0.25) is 0 Å². The molecule has 0 unspecified atom stereocenters. The Kier molecular flexibility index (Phi) is 4.27. The smallest absolute Gasteiger partial charge is 0.259 e. The standard InChI is InChI=1S/C17H21N7O2/c1-3-13-14(11(2)26-22-13)17(25)24-6-4-5-23(7-8-24)16-12-9-20-21-15(12)18-10-19-16/h9-10H,3-8H2,1-2H3,(H,18,19,20,21). The number of aromatic amines is 1. The fourth-order valence-electron chi connectivity index (χ4n) is 3.43. The fraction of sp³-hybridized carbons (Fsp3) is 0.471. The van der Waals surface area contributed by atoms with Gasteiger partial charge in [0.1, 0.15) is 23.5 Å². The van der Waals surface area contributed by atoms with Crippen LogP contribution >= 0.6 is 0 Å². The minimum atomic E-state index is -0.00130. The van der Waals surface area contributed by atoms with Crippen LogP contribution in [0.4, 0.5) is 5.82 Å². The van der Waals surface area contributed by atoms with Gasteiger partial charge < -0.3 is 14.3 Å². The molecule has 1 saturated heterocycles. The number of aromatic nitrogens is 5. The van der Waals surface area contributed by atoms with Crippen LogP contribution in [-0.4, -0.2) is 62.3 Å². The molecule has 0 radical (unpaired) electrons. The van der Waals surface area contributed by atoms with Gasteiger partial charge in [-0.25, -0.2) is 9.97 Å². The molecule has 1 N–H and O–H groups in total. The Bertz CT molecular complexity index is 932. The van der Waals surface area contributed by atoms with Crippen molar-refractivity contribution in [3.8, 4) is 0 Å². The number of carbonyl (C=O) groups is 1. The molecule has 0 bridgehead atoms. The molecule has 3 aromatic rings. The summed E-state index contributed by atoms with van der Waals surface area (Å²) < 4.78 is 5.22. The highest BCUT2D eigenvalue weighted by Gasteiger charge is 2.27. The van der Waals surface area contributed by atoms with Crippen molar-refractivity contribution >= 4 is 22.8 Å². The summed E-state index contributed by atoms with van der Waals surface area (Å²) in [6.45, 7) is 6.61. The molecular weight excluding hydrogens is 334 g/mol. The van der Waals surface area contributed by atoms with Crippen molar-refractivity contribution in [3.05, 3.63) is 29.5 Å². The van der Waals surface area contributed by atoms with E-state index < -0.39 is 0 Å².